The van der Waals surface area contributed by atoms with E-state index in [9.17, 15) is 9.59 Å². The minimum absolute atomic E-state index is 0.0431. The molecule has 0 saturated heterocycles. The van der Waals surface area contributed by atoms with Crippen LogP contribution in [0, 0.1) is 16.2 Å². The fraction of sp³-hybridized carbons (Fsp3) is 0.846. The second kappa shape index (κ2) is 4.81. The summed E-state index contributed by atoms with van der Waals surface area (Å²) >= 11 is 7.00. The van der Waals surface area contributed by atoms with Crippen LogP contribution in [0.1, 0.15) is 26.7 Å². The summed E-state index contributed by atoms with van der Waals surface area (Å²) in [5.41, 5.74) is 3.98. The molecule has 2 bridgehead atoms. The van der Waals surface area contributed by atoms with Gasteiger partial charge in [-0.25, -0.2) is 0 Å². The Morgan fingerprint density at radius 1 is 1.47 bits per heavy atom. The Kier molecular flexibility index (Phi) is 3.91. The molecule has 3 atom stereocenters. The highest BCUT2D eigenvalue weighted by atomic mass is 79.9. The molecule has 108 valence electrons. The molecule has 2 rings (SSSR count). The van der Waals surface area contributed by atoms with E-state index in [0.717, 1.165) is 12.8 Å². The van der Waals surface area contributed by atoms with Gasteiger partial charge in [0.25, 0.3) is 0 Å². The van der Waals surface area contributed by atoms with Crippen molar-refractivity contribution >= 4 is 43.6 Å². The molecule has 2 aliphatic rings. The van der Waals surface area contributed by atoms with E-state index in [1.807, 2.05) is 13.8 Å². The molecule has 1 amide bonds. The largest absolute Gasteiger partial charge is 0.354 e. The van der Waals surface area contributed by atoms with Crippen molar-refractivity contribution in [1.29, 1.82) is 0 Å². The van der Waals surface area contributed by atoms with Crippen LogP contribution in [-0.2, 0) is 9.59 Å². The van der Waals surface area contributed by atoms with Crippen LogP contribution in [0.15, 0.2) is 0 Å². The van der Waals surface area contributed by atoms with Crippen molar-refractivity contribution < 1.29 is 9.59 Å². The summed E-state index contributed by atoms with van der Waals surface area (Å²) in [5.74, 6) is 0.113. The first kappa shape index (κ1) is 15.4. The van der Waals surface area contributed by atoms with Gasteiger partial charge in [0, 0.05) is 23.8 Å². The summed E-state index contributed by atoms with van der Waals surface area (Å²) < 4.78 is 0. The average Bonchev–Trinajstić information content (AvgIpc) is 2.69. The standard InChI is InChI=1S/C13H20Br2N2O2/c1-11(2)12(7-14)3-4-13(11,8(15)9(12)18)10(19)17-6-5-16/h8H,3-7,16H2,1-2H3,(H,17,19)/t8-,12-,13-/m1/s1. The molecule has 6 heteroatoms. The fourth-order valence-electron chi connectivity index (χ4n) is 3.96. The van der Waals surface area contributed by atoms with Gasteiger partial charge in [0.2, 0.25) is 5.91 Å². The van der Waals surface area contributed by atoms with Crippen molar-refractivity contribution in [2.75, 3.05) is 18.4 Å². The predicted octanol–water partition coefficient (Wildman–Crippen LogP) is 1.60. The van der Waals surface area contributed by atoms with Gasteiger partial charge in [0.1, 0.15) is 0 Å². The maximum atomic E-state index is 12.6. The molecule has 0 aromatic rings. The number of hydrogen-bond donors (Lipinski definition) is 2. The zero-order valence-electron chi connectivity index (χ0n) is 11.3. The van der Waals surface area contributed by atoms with Crippen LogP contribution in [0.25, 0.3) is 0 Å². The molecule has 2 saturated carbocycles. The van der Waals surface area contributed by atoms with E-state index in [-0.39, 0.29) is 17.1 Å². The zero-order chi connectivity index (χ0) is 14.5. The molecule has 0 unspecified atom stereocenters. The Morgan fingerprint density at radius 3 is 2.58 bits per heavy atom. The highest BCUT2D eigenvalue weighted by molar-refractivity contribution is 9.10. The third-order valence-electron chi connectivity index (χ3n) is 5.46. The first-order valence-electron chi connectivity index (χ1n) is 6.54. The normalized spacial score (nSPS) is 39.6. The van der Waals surface area contributed by atoms with Crippen LogP contribution < -0.4 is 11.1 Å². The summed E-state index contributed by atoms with van der Waals surface area (Å²) in [6.45, 7) is 4.95. The smallest absolute Gasteiger partial charge is 0.228 e. The number of Topliss-reactive ketones (excluding diaryl/α,β-unsaturated/α-hetero) is 1. The molecule has 3 N–H and O–H groups in total. The number of nitrogens with two attached hydrogens (primary N) is 1. The zero-order valence-corrected chi connectivity index (χ0v) is 14.4. The molecule has 0 heterocycles. The maximum absolute atomic E-state index is 12.6. The quantitative estimate of drug-likeness (QED) is 0.710. The van der Waals surface area contributed by atoms with Gasteiger partial charge in [0.15, 0.2) is 5.78 Å². The fourth-order valence-corrected chi connectivity index (χ4v) is 6.66. The molecule has 0 aliphatic heterocycles. The maximum Gasteiger partial charge on any atom is 0.228 e. The van der Waals surface area contributed by atoms with E-state index in [1.165, 1.54) is 0 Å². The minimum Gasteiger partial charge on any atom is -0.354 e. The number of amides is 1. The molecule has 0 spiro atoms. The van der Waals surface area contributed by atoms with Gasteiger partial charge >= 0.3 is 0 Å². The Hall–Kier alpha value is 0.0600. The molecule has 0 aromatic carbocycles. The molecule has 2 fully saturated rings. The van der Waals surface area contributed by atoms with Gasteiger partial charge < -0.3 is 11.1 Å². The van der Waals surface area contributed by atoms with Crippen molar-refractivity contribution in [3.63, 3.8) is 0 Å². The number of rotatable bonds is 4. The lowest BCUT2D eigenvalue weighted by molar-refractivity contribution is -0.135. The Morgan fingerprint density at radius 2 is 2.11 bits per heavy atom. The highest BCUT2D eigenvalue weighted by Gasteiger charge is 2.77. The summed E-state index contributed by atoms with van der Waals surface area (Å²) in [6.07, 6.45) is 1.51. The van der Waals surface area contributed by atoms with E-state index in [0.29, 0.717) is 18.4 Å². The van der Waals surface area contributed by atoms with Gasteiger partial charge in [-0.1, -0.05) is 45.7 Å². The SMILES string of the molecule is CC1(C)[C@@]2(CBr)CC[C@]1(C(=O)NCCN)[C@H](Br)C2=O. The lowest BCUT2D eigenvalue weighted by Gasteiger charge is -2.40. The Balaban J connectivity index is 2.46. The number of alkyl halides is 2. The number of carbonyl (C=O) groups is 2. The molecule has 4 nitrogen and oxygen atoms in total. The van der Waals surface area contributed by atoms with Crippen LogP contribution in [0.2, 0.25) is 0 Å². The topological polar surface area (TPSA) is 72.2 Å². The summed E-state index contributed by atoms with van der Waals surface area (Å²) in [7, 11) is 0. The number of hydrogen-bond acceptors (Lipinski definition) is 3. The first-order valence-corrected chi connectivity index (χ1v) is 8.58. The number of fused-ring (bicyclic) bond motifs is 2. The second-order valence-electron chi connectivity index (χ2n) is 6.08. The van der Waals surface area contributed by atoms with E-state index < -0.39 is 15.7 Å². The van der Waals surface area contributed by atoms with Crippen molar-refractivity contribution in [1.82, 2.24) is 5.32 Å². The number of carbonyl (C=O) groups excluding carboxylic acids is 2. The molecule has 0 radical (unpaired) electrons. The van der Waals surface area contributed by atoms with Crippen LogP contribution in [0.4, 0.5) is 0 Å². The molecule has 19 heavy (non-hydrogen) atoms. The van der Waals surface area contributed by atoms with Gasteiger partial charge in [0.05, 0.1) is 10.2 Å². The van der Waals surface area contributed by atoms with Crippen LogP contribution >= 0.6 is 31.9 Å². The molecular formula is C13H20Br2N2O2. The third-order valence-corrected chi connectivity index (χ3v) is 7.61. The van der Waals surface area contributed by atoms with Crippen molar-refractivity contribution in [2.24, 2.45) is 22.0 Å². The molecular weight excluding hydrogens is 376 g/mol. The van der Waals surface area contributed by atoms with Crippen LogP contribution in [0.5, 0.6) is 0 Å². The molecule has 2 aliphatic carbocycles. The number of ketones is 1. The van der Waals surface area contributed by atoms with Crippen LogP contribution in [-0.4, -0.2) is 34.9 Å². The van der Waals surface area contributed by atoms with Crippen molar-refractivity contribution in [3.05, 3.63) is 0 Å². The van der Waals surface area contributed by atoms with E-state index in [1.54, 1.807) is 0 Å². The van der Waals surface area contributed by atoms with Gasteiger partial charge in [-0.05, 0) is 18.3 Å². The summed E-state index contributed by atoms with van der Waals surface area (Å²) in [5, 5.41) is 3.49. The predicted molar refractivity (Wildman–Crippen MR) is 81.5 cm³/mol. The van der Waals surface area contributed by atoms with Gasteiger partial charge in [-0.2, -0.15) is 0 Å². The first-order chi connectivity index (χ1) is 8.81. The summed E-state index contributed by atoms with van der Waals surface area (Å²) in [6, 6.07) is 0. The van der Waals surface area contributed by atoms with Gasteiger partial charge in [-0.15, -0.1) is 0 Å². The lowest BCUT2D eigenvalue weighted by Crippen LogP contribution is -2.51. The third kappa shape index (κ3) is 1.59. The van der Waals surface area contributed by atoms with E-state index >= 15 is 0 Å². The Labute approximate surface area is 130 Å². The highest BCUT2D eigenvalue weighted by Crippen LogP contribution is 2.72. The average molecular weight is 396 g/mol. The van der Waals surface area contributed by atoms with Gasteiger partial charge in [-0.3, -0.25) is 9.59 Å². The lowest BCUT2D eigenvalue weighted by atomic mass is 9.64. The van der Waals surface area contributed by atoms with E-state index in [2.05, 4.69) is 37.2 Å². The minimum atomic E-state index is -0.660. The number of nitrogens with one attached hydrogen (secondary N) is 1. The van der Waals surface area contributed by atoms with Crippen molar-refractivity contribution in [2.45, 2.75) is 31.5 Å². The Bertz CT molecular complexity index is 427. The van der Waals surface area contributed by atoms with Crippen molar-refractivity contribution in [3.8, 4) is 0 Å². The summed E-state index contributed by atoms with van der Waals surface area (Å²) in [4.78, 5) is 24.9. The van der Waals surface area contributed by atoms with Crippen LogP contribution in [0.3, 0.4) is 0 Å². The number of halogens is 2. The second-order valence-corrected chi connectivity index (χ2v) is 7.56. The molecule has 0 aromatic heterocycles. The van der Waals surface area contributed by atoms with E-state index in [4.69, 9.17) is 5.73 Å². The monoisotopic (exact) mass is 394 g/mol.